The van der Waals surface area contributed by atoms with Gasteiger partial charge in [0.2, 0.25) is 0 Å². The van der Waals surface area contributed by atoms with Crippen molar-refractivity contribution < 1.29 is 26.0 Å². The van der Waals surface area contributed by atoms with E-state index in [1.165, 1.54) is 24.3 Å². The molecular formula is C12H9BF6S. The van der Waals surface area contributed by atoms with Crippen LogP contribution < -0.4 is 0 Å². The molecule has 0 radical (unpaired) electrons. The van der Waals surface area contributed by atoms with E-state index in [1.807, 2.05) is 0 Å². The second kappa shape index (κ2) is 7.28. The minimum atomic E-state index is -6.00. The monoisotopic (exact) mass is 310 g/mol. The maximum absolute atomic E-state index is 12.6. The minimum absolute atomic E-state index is 0.243. The van der Waals surface area contributed by atoms with Crippen molar-refractivity contribution in [2.75, 3.05) is 0 Å². The van der Waals surface area contributed by atoms with Gasteiger partial charge < -0.3 is 17.3 Å². The van der Waals surface area contributed by atoms with Crippen LogP contribution in [0.25, 0.3) is 0 Å². The zero-order valence-electron chi connectivity index (χ0n) is 9.91. The fourth-order valence-corrected chi connectivity index (χ4v) is 2.07. The van der Waals surface area contributed by atoms with Crippen LogP contribution in [0.2, 0.25) is 0 Å². The quantitative estimate of drug-likeness (QED) is 0.332. The van der Waals surface area contributed by atoms with Crippen LogP contribution in [0.5, 0.6) is 0 Å². The van der Waals surface area contributed by atoms with Gasteiger partial charge >= 0.3 is 7.25 Å². The summed E-state index contributed by atoms with van der Waals surface area (Å²) in [5.41, 5.74) is 0. The van der Waals surface area contributed by atoms with Gasteiger partial charge in [0, 0.05) is 11.8 Å². The Bertz CT molecular complexity index is 474. The first-order chi connectivity index (χ1) is 9.24. The molecule has 2 aromatic rings. The van der Waals surface area contributed by atoms with E-state index in [2.05, 4.69) is 0 Å². The van der Waals surface area contributed by atoms with Crippen molar-refractivity contribution in [3.05, 3.63) is 60.2 Å². The zero-order chi connectivity index (χ0) is 15.2. The van der Waals surface area contributed by atoms with Crippen LogP contribution in [0, 0.1) is 11.6 Å². The first-order valence-electron chi connectivity index (χ1n) is 5.34. The second-order valence-electron chi connectivity index (χ2n) is 3.56. The molecule has 0 aromatic heterocycles. The summed E-state index contributed by atoms with van der Waals surface area (Å²) in [6, 6.07) is 12.6. The number of rotatable bonds is 2. The summed E-state index contributed by atoms with van der Waals surface area (Å²) in [5, 5.41) is 0. The van der Waals surface area contributed by atoms with Gasteiger partial charge in [-0.05, 0) is 48.5 Å². The molecule has 0 saturated carbocycles. The third-order valence-electron chi connectivity index (χ3n) is 1.91. The van der Waals surface area contributed by atoms with Crippen molar-refractivity contribution in [2.45, 2.75) is 9.79 Å². The number of hydrogen-bond acceptors (Lipinski definition) is 0. The molecule has 20 heavy (non-hydrogen) atoms. The third-order valence-corrected chi connectivity index (χ3v) is 3.02. The molecular weight excluding hydrogens is 301 g/mol. The number of hydrogen-bond donors (Lipinski definition) is 0. The Labute approximate surface area is 115 Å². The molecule has 0 spiro atoms. The summed E-state index contributed by atoms with van der Waals surface area (Å²) >= 11 is 0.954. The molecule has 0 nitrogen and oxygen atoms in total. The van der Waals surface area contributed by atoms with Crippen molar-refractivity contribution in [2.24, 2.45) is 0 Å². The van der Waals surface area contributed by atoms with Crippen molar-refractivity contribution in [1.29, 1.82) is 0 Å². The summed E-state index contributed by atoms with van der Waals surface area (Å²) in [7, 11) is -6.00. The Morgan fingerprint density at radius 1 is 0.600 bits per heavy atom. The van der Waals surface area contributed by atoms with Gasteiger partial charge in [-0.2, -0.15) is 0 Å². The normalized spacial score (nSPS) is 10.7. The lowest BCUT2D eigenvalue weighted by atomic mass is 10.3. The molecule has 2 aromatic carbocycles. The van der Waals surface area contributed by atoms with Gasteiger partial charge in [-0.25, -0.2) is 8.78 Å². The van der Waals surface area contributed by atoms with Gasteiger partial charge in [0.1, 0.15) is 11.6 Å². The molecule has 0 aliphatic heterocycles. The first kappa shape index (κ1) is 16.5. The smallest absolute Gasteiger partial charge is 0.418 e. The topological polar surface area (TPSA) is 0 Å². The van der Waals surface area contributed by atoms with E-state index in [0.29, 0.717) is 0 Å². The molecule has 8 heteroatoms. The molecule has 0 aliphatic rings. The van der Waals surface area contributed by atoms with Crippen molar-refractivity contribution in [3.8, 4) is 0 Å². The summed E-state index contributed by atoms with van der Waals surface area (Å²) in [4.78, 5) is 1.98. The molecule has 108 valence electrons. The molecule has 0 N–H and O–H groups in total. The van der Waals surface area contributed by atoms with Crippen LogP contribution in [0.1, 0.15) is 0 Å². The number of halogens is 6. The fraction of sp³-hybridized carbons (Fsp3) is 0. The average molecular weight is 310 g/mol. The van der Waals surface area contributed by atoms with E-state index in [-0.39, 0.29) is 11.6 Å². The van der Waals surface area contributed by atoms with E-state index < -0.39 is 7.25 Å². The highest BCUT2D eigenvalue weighted by Gasteiger charge is 2.20. The standard InChI is InChI=1S/C12H8F2S.BF4/c13-9-1-5-11(6-2-9)15-12-7-3-10(14)4-8-12;2-1(3,4)5/h1-8H;/q;-1/p+1. The molecule has 0 atom stereocenters. The van der Waals surface area contributed by atoms with Gasteiger partial charge in [-0.15, -0.1) is 0 Å². The Hall–Kier alpha value is -1.57. The van der Waals surface area contributed by atoms with Gasteiger partial charge in [0.15, 0.2) is 9.79 Å². The molecule has 0 amide bonds. The highest BCUT2D eigenvalue weighted by Crippen LogP contribution is 2.13. The molecule has 0 heterocycles. The highest BCUT2D eigenvalue weighted by molar-refractivity contribution is 7.78. The number of benzene rings is 2. The summed E-state index contributed by atoms with van der Waals surface area (Å²) in [6.45, 7) is 0. The molecule has 0 unspecified atom stereocenters. The van der Waals surface area contributed by atoms with Crippen LogP contribution in [0.4, 0.5) is 26.0 Å². The van der Waals surface area contributed by atoms with Crippen LogP contribution >= 0.6 is 0 Å². The van der Waals surface area contributed by atoms with Crippen LogP contribution in [0.3, 0.4) is 0 Å². The predicted molar refractivity (Wildman–Crippen MR) is 68.3 cm³/mol. The van der Waals surface area contributed by atoms with E-state index in [0.717, 1.165) is 21.6 Å². The molecule has 2 rings (SSSR count). The van der Waals surface area contributed by atoms with E-state index in [9.17, 15) is 26.0 Å². The Balaban J connectivity index is 0.000000347. The van der Waals surface area contributed by atoms with Crippen LogP contribution in [-0.4, -0.2) is 7.25 Å². The Kier molecular flexibility index (Phi) is 6.00. The van der Waals surface area contributed by atoms with Gasteiger partial charge in [-0.3, -0.25) is 0 Å². The lowest BCUT2D eigenvalue weighted by molar-refractivity contribution is 0.368. The summed E-state index contributed by atoms with van der Waals surface area (Å²) in [6.07, 6.45) is 0. The first-order valence-corrected chi connectivity index (χ1v) is 6.24. The maximum Gasteiger partial charge on any atom is 0.673 e. The van der Waals surface area contributed by atoms with Gasteiger partial charge in [0.25, 0.3) is 0 Å². The van der Waals surface area contributed by atoms with Crippen molar-refractivity contribution in [1.82, 2.24) is 0 Å². The van der Waals surface area contributed by atoms with Crippen LogP contribution in [-0.2, 0) is 11.8 Å². The minimum Gasteiger partial charge on any atom is -0.418 e. The van der Waals surface area contributed by atoms with E-state index in [1.54, 1.807) is 24.3 Å². The predicted octanol–water partition coefficient (Wildman–Crippen LogP) is 4.50. The SMILES string of the molecule is F[B-](F)(F)F.Fc1ccc([SH+]c2ccc(F)cc2)cc1. The largest absolute Gasteiger partial charge is 0.673 e. The van der Waals surface area contributed by atoms with E-state index in [4.69, 9.17) is 0 Å². The highest BCUT2D eigenvalue weighted by atomic mass is 32.2. The average Bonchev–Trinajstić information content (AvgIpc) is 2.33. The second-order valence-corrected chi connectivity index (χ2v) is 4.82. The van der Waals surface area contributed by atoms with Gasteiger partial charge in [-0.1, -0.05) is 0 Å². The lowest BCUT2D eigenvalue weighted by Crippen LogP contribution is -2.02. The summed E-state index contributed by atoms with van der Waals surface area (Å²) < 4.78 is 64.3. The zero-order valence-corrected chi connectivity index (χ0v) is 10.8. The molecule has 0 saturated heterocycles. The molecule has 0 fully saturated rings. The van der Waals surface area contributed by atoms with Crippen molar-refractivity contribution >= 4 is 19.0 Å². The van der Waals surface area contributed by atoms with E-state index >= 15 is 0 Å². The summed E-state index contributed by atoms with van der Waals surface area (Å²) in [5.74, 6) is -0.485. The van der Waals surface area contributed by atoms with Gasteiger partial charge in [0.05, 0.1) is 0 Å². The maximum atomic E-state index is 12.6. The van der Waals surface area contributed by atoms with Crippen LogP contribution in [0.15, 0.2) is 58.3 Å². The Morgan fingerprint density at radius 3 is 1.10 bits per heavy atom. The lowest BCUT2D eigenvalue weighted by Gasteiger charge is -1.94. The van der Waals surface area contributed by atoms with Crippen molar-refractivity contribution in [3.63, 3.8) is 0 Å². The fourth-order valence-electron chi connectivity index (χ4n) is 1.18. The third kappa shape index (κ3) is 7.78. The molecule has 0 bridgehead atoms. The molecule has 0 aliphatic carbocycles. The Morgan fingerprint density at radius 2 is 0.850 bits per heavy atom. The number of thiol groups is 1.